The Hall–Kier alpha value is -1.56. The zero-order valence-corrected chi connectivity index (χ0v) is 10.5. The van der Waals surface area contributed by atoms with Gasteiger partial charge in [-0.15, -0.1) is 0 Å². The maximum Gasteiger partial charge on any atom is 0.416 e. The molecule has 0 aliphatic carbocycles. The number of anilines is 1. The van der Waals surface area contributed by atoms with Gasteiger partial charge in [0.15, 0.2) is 0 Å². The molecule has 19 heavy (non-hydrogen) atoms. The summed E-state index contributed by atoms with van der Waals surface area (Å²) in [6, 6.07) is 4.40. The van der Waals surface area contributed by atoms with Crippen molar-refractivity contribution in [2.45, 2.75) is 31.9 Å². The van der Waals surface area contributed by atoms with Crippen molar-refractivity contribution >= 4 is 11.6 Å². The highest BCUT2D eigenvalue weighted by atomic mass is 19.4. The van der Waals surface area contributed by atoms with Crippen LogP contribution in [0.15, 0.2) is 24.3 Å². The van der Waals surface area contributed by atoms with Gasteiger partial charge in [-0.05, 0) is 43.7 Å². The summed E-state index contributed by atoms with van der Waals surface area (Å²) in [6.07, 6.45) is -1.54. The van der Waals surface area contributed by atoms with Crippen molar-refractivity contribution in [3.8, 4) is 0 Å². The number of amides is 1. The van der Waals surface area contributed by atoms with Gasteiger partial charge in [0.2, 0.25) is 5.91 Å². The average Bonchev–Trinajstić information content (AvgIpc) is 2.34. The Labute approximate surface area is 110 Å². The molecule has 1 aromatic rings. The van der Waals surface area contributed by atoms with Crippen molar-refractivity contribution in [1.29, 1.82) is 0 Å². The molecule has 0 aliphatic rings. The number of hydrogen-bond acceptors (Lipinski definition) is 2. The first kappa shape index (κ1) is 15.5. The molecule has 0 fully saturated rings. The summed E-state index contributed by atoms with van der Waals surface area (Å²) in [4.78, 5) is 11.5. The zero-order valence-electron chi connectivity index (χ0n) is 10.5. The van der Waals surface area contributed by atoms with Crippen molar-refractivity contribution in [3.63, 3.8) is 0 Å². The van der Waals surface area contributed by atoms with Gasteiger partial charge in [0.1, 0.15) is 0 Å². The summed E-state index contributed by atoms with van der Waals surface area (Å²) in [5.74, 6) is -0.197. The Kier molecular flexibility index (Phi) is 5.82. The molecule has 6 heteroatoms. The standard InChI is InChI=1S/C13H17F3N2O/c14-13(15,16)10-5-7-11(8-6-10)18-12(19)4-2-1-3-9-17/h5-8H,1-4,9,17H2,(H,18,19). The van der Waals surface area contributed by atoms with Gasteiger partial charge >= 0.3 is 6.18 Å². The second-order valence-corrected chi connectivity index (χ2v) is 4.22. The molecule has 0 aromatic heterocycles. The number of carbonyl (C=O) groups is 1. The molecule has 3 nitrogen and oxygen atoms in total. The number of benzene rings is 1. The van der Waals surface area contributed by atoms with Crippen molar-refractivity contribution < 1.29 is 18.0 Å². The Morgan fingerprint density at radius 3 is 2.26 bits per heavy atom. The first-order chi connectivity index (χ1) is 8.93. The van der Waals surface area contributed by atoms with Crippen molar-refractivity contribution in [2.75, 3.05) is 11.9 Å². The molecule has 0 atom stereocenters. The van der Waals surface area contributed by atoms with Crippen LogP contribution in [-0.4, -0.2) is 12.5 Å². The minimum atomic E-state index is -4.36. The Morgan fingerprint density at radius 2 is 1.74 bits per heavy atom. The number of hydrogen-bond donors (Lipinski definition) is 2. The third-order valence-electron chi connectivity index (χ3n) is 2.60. The second-order valence-electron chi connectivity index (χ2n) is 4.22. The third-order valence-corrected chi connectivity index (χ3v) is 2.60. The predicted molar refractivity (Wildman–Crippen MR) is 67.6 cm³/mol. The van der Waals surface area contributed by atoms with Crippen LogP contribution < -0.4 is 11.1 Å². The summed E-state index contributed by atoms with van der Waals surface area (Å²) < 4.78 is 37.0. The summed E-state index contributed by atoms with van der Waals surface area (Å²) in [7, 11) is 0. The summed E-state index contributed by atoms with van der Waals surface area (Å²) in [5, 5.41) is 2.56. The topological polar surface area (TPSA) is 55.1 Å². The SMILES string of the molecule is NCCCCCC(=O)Nc1ccc(C(F)(F)F)cc1. The van der Waals surface area contributed by atoms with Crippen LogP contribution in [0.25, 0.3) is 0 Å². The first-order valence-electron chi connectivity index (χ1n) is 6.10. The monoisotopic (exact) mass is 274 g/mol. The van der Waals surface area contributed by atoms with E-state index in [0.29, 0.717) is 18.7 Å². The van der Waals surface area contributed by atoms with Gasteiger partial charge in [-0.1, -0.05) is 6.42 Å². The third kappa shape index (κ3) is 5.74. The summed E-state index contributed by atoms with van der Waals surface area (Å²) in [6.45, 7) is 0.598. The summed E-state index contributed by atoms with van der Waals surface area (Å²) >= 11 is 0. The average molecular weight is 274 g/mol. The predicted octanol–water partition coefficient (Wildman–Crippen LogP) is 3.16. The van der Waals surface area contributed by atoms with E-state index in [1.54, 1.807) is 0 Å². The molecule has 0 saturated heterocycles. The maximum absolute atomic E-state index is 12.3. The lowest BCUT2D eigenvalue weighted by Crippen LogP contribution is -2.12. The molecule has 0 unspecified atom stereocenters. The number of alkyl halides is 3. The number of nitrogens with one attached hydrogen (secondary N) is 1. The van der Waals surface area contributed by atoms with Crippen LogP contribution in [0.1, 0.15) is 31.2 Å². The largest absolute Gasteiger partial charge is 0.416 e. The molecule has 1 rings (SSSR count). The van der Waals surface area contributed by atoms with E-state index >= 15 is 0 Å². The first-order valence-corrected chi connectivity index (χ1v) is 6.10. The summed E-state index contributed by atoms with van der Waals surface area (Å²) in [5.41, 5.74) is 4.97. The quantitative estimate of drug-likeness (QED) is 0.783. The van der Waals surface area contributed by atoms with E-state index in [9.17, 15) is 18.0 Å². The lowest BCUT2D eigenvalue weighted by molar-refractivity contribution is -0.137. The lowest BCUT2D eigenvalue weighted by Gasteiger charge is -2.08. The normalized spacial score (nSPS) is 11.4. The molecule has 0 saturated carbocycles. The Bertz CT molecular complexity index is 401. The van der Waals surface area contributed by atoms with E-state index < -0.39 is 11.7 Å². The highest BCUT2D eigenvalue weighted by Crippen LogP contribution is 2.29. The maximum atomic E-state index is 12.3. The van der Waals surface area contributed by atoms with Crippen molar-refractivity contribution in [1.82, 2.24) is 0 Å². The van der Waals surface area contributed by atoms with Gasteiger partial charge in [-0.2, -0.15) is 13.2 Å². The lowest BCUT2D eigenvalue weighted by atomic mass is 10.1. The molecular weight excluding hydrogens is 257 g/mol. The molecule has 0 heterocycles. The number of nitrogens with two attached hydrogens (primary N) is 1. The molecule has 3 N–H and O–H groups in total. The van der Waals surface area contributed by atoms with E-state index in [4.69, 9.17) is 5.73 Å². The minimum absolute atomic E-state index is 0.197. The van der Waals surface area contributed by atoms with Crippen LogP contribution in [0.3, 0.4) is 0 Å². The van der Waals surface area contributed by atoms with Gasteiger partial charge < -0.3 is 11.1 Å². The number of rotatable bonds is 6. The van der Waals surface area contributed by atoms with E-state index in [2.05, 4.69) is 5.32 Å². The number of unbranched alkanes of at least 4 members (excludes halogenated alkanes) is 2. The zero-order chi connectivity index (χ0) is 14.3. The molecule has 106 valence electrons. The van der Waals surface area contributed by atoms with Crippen LogP contribution in [0.2, 0.25) is 0 Å². The smallest absolute Gasteiger partial charge is 0.330 e. The molecular formula is C13H17F3N2O. The second kappa shape index (κ2) is 7.13. The van der Waals surface area contributed by atoms with Gasteiger partial charge in [-0.25, -0.2) is 0 Å². The fourth-order valence-electron chi connectivity index (χ4n) is 1.57. The fraction of sp³-hybridized carbons (Fsp3) is 0.462. The van der Waals surface area contributed by atoms with Gasteiger partial charge in [0.05, 0.1) is 5.56 Å². The van der Waals surface area contributed by atoms with E-state index in [-0.39, 0.29) is 5.91 Å². The highest BCUT2D eigenvalue weighted by molar-refractivity contribution is 5.90. The van der Waals surface area contributed by atoms with E-state index in [1.807, 2.05) is 0 Å². The van der Waals surface area contributed by atoms with E-state index in [0.717, 1.165) is 31.4 Å². The fourth-order valence-corrected chi connectivity index (χ4v) is 1.57. The Balaban J connectivity index is 2.43. The number of carbonyl (C=O) groups excluding carboxylic acids is 1. The Morgan fingerprint density at radius 1 is 1.11 bits per heavy atom. The van der Waals surface area contributed by atoms with E-state index in [1.165, 1.54) is 12.1 Å². The molecule has 0 radical (unpaired) electrons. The highest BCUT2D eigenvalue weighted by Gasteiger charge is 2.29. The van der Waals surface area contributed by atoms with Crippen LogP contribution in [0.4, 0.5) is 18.9 Å². The molecule has 1 amide bonds. The van der Waals surface area contributed by atoms with Crippen LogP contribution in [-0.2, 0) is 11.0 Å². The van der Waals surface area contributed by atoms with Gasteiger partial charge in [-0.3, -0.25) is 4.79 Å². The molecule has 0 spiro atoms. The molecule has 0 bridgehead atoms. The van der Waals surface area contributed by atoms with Crippen LogP contribution in [0.5, 0.6) is 0 Å². The van der Waals surface area contributed by atoms with Gasteiger partial charge in [0, 0.05) is 12.1 Å². The van der Waals surface area contributed by atoms with Gasteiger partial charge in [0.25, 0.3) is 0 Å². The minimum Gasteiger partial charge on any atom is -0.330 e. The van der Waals surface area contributed by atoms with Crippen LogP contribution >= 0.6 is 0 Å². The molecule has 1 aromatic carbocycles. The van der Waals surface area contributed by atoms with Crippen LogP contribution in [0, 0.1) is 0 Å². The molecule has 0 aliphatic heterocycles. The number of halogens is 3. The van der Waals surface area contributed by atoms with Crippen molar-refractivity contribution in [3.05, 3.63) is 29.8 Å². The van der Waals surface area contributed by atoms with Crippen molar-refractivity contribution in [2.24, 2.45) is 5.73 Å².